The fourth-order valence-electron chi connectivity index (χ4n) is 0.281. The van der Waals surface area contributed by atoms with Gasteiger partial charge in [-0.1, -0.05) is 13.0 Å². The van der Waals surface area contributed by atoms with E-state index in [0.29, 0.717) is 0 Å². The van der Waals surface area contributed by atoms with Crippen molar-refractivity contribution in [3.05, 3.63) is 11.9 Å². The molecule has 0 aromatic carbocycles. The van der Waals surface area contributed by atoms with Gasteiger partial charge in [0.1, 0.15) is 0 Å². The molecular formula is C5H9F. The molecular weight excluding hydrogens is 79.1 g/mol. The van der Waals surface area contributed by atoms with Gasteiger partial charge >= 0.3 is 0 Å². The van der Waals surface area contributed by atoms with Crippen LogP contribution in [-0.2, 0) is 0 Å². The van der Waals surface area contributed by atoms with Crippen LogP contribution in [0.2, 0.25) is 0 Å². The third-order valence-corrected chi connectivity index (χ3v) is 0.485. The average molecular weight is 88.1 g/mol. The zero-order valence-electron chi connectivity index (χ0n) is 4.16. The maximum absolute atomic E-state index is 11.6. The van der Waals surface area contributed by atoms with E-state index in [0.717, 1.165) is 6.42 Å². The summed E-state index contributed by atoms with van der Waals surface area (Å²) in [4.78, 5) is 0. The minimum absolute atomic E-state index is 0.0856. The molecule has 0 unspecified atom stereocenters. The fraction of sp³-hybridized carbons (Fsp3) is 0.600. The second kappa shape index (κ2) is 2.88. The summed E-state index contributed by atoms with van der Waals surface area (Å²) < 4.78 is 11.6. The van der Waals surface area contributed by atoms with Gasteiger partial charge in [-0.3, -0.25) is 0 Å². The average Bonchev–Trinajstić information content (AvgIpc) is 1.35. The molecule has 0 N–H and O–H groups in total. The van der Waals surface area contributed by atoms with Crippen LogP contribution in [0.15, 0.2) is 11.9 Å². The molecule has 0 amide bonds. The molecule has 0 heterocycles. The number of hydrogen-bond donors (Lipinski definition) is 0. The minimum atomic E-state index is -0.0856. The van der Waals surface area contributed by atoms with Crippen LogP contribution >= 0.6 is 0 Å². The zero-order valence-corrected chi connectivity index (χ0v) is 4.16. The lowest BCUT2D eigenvalue weighted by atomic mass is 10.4. The first-order chi connectivity index (χ1) is 2.77. The van der Waals surface area contributed by atoms with Crippen molar-refractivity contribution < 1.29 is 4.39 Å². The maximum atomic E-state index is 11.6. The summed E-state index contributed by atoms with van der Waals surface area (Å²) in [5.74, 6) is -0.0856. The van der Waals surface area contributed by atoms with Gasteiger partial charge in [-0.05, 0) is 13.3 Å². The van der Waals surface area contributed by atoms with Crippen molar-refractivity contribution in [3.8, 4) is 0 Å². The lowest BCUT2D eigenvalue weighted by Crippen LogP contribution is -1.55. The summed E-state index contributed by atoms with van der Waals surface area (Å²) in [6.07, 6.45) is 2.34. The van der Waals surface area contributed by atoms with Crippen LogP contribution < -0.4 is 0 Å². The highest BCUT2D eigenvalue weighted by atomic mass is 19.1. The van der Waals surface area contributed by atoms with Crippen LogP contribution in [0.3, 0.4) is 0 Å². The van der Waals surface area contributed by atoms with Crippen LogP contribution in [0.25, 0.3) is 0 Å². The van der Waals surface area contributed by atoms with Crippen LogP contribution in [-0.4, -0.2) is 0 Å². The summed E-state index contributed by atoms with van der Waals surface area (Å²) >= 11 is 0. The Labute approximate surface area is 37.7 Å². The van der Waals surface area contributed by atoms with Gasteiger partial charge in [-0.2, -0.15) is 0 Å². The third-order valence-electron chi connectivity index (χ3n) is 0.485. The monoisotopic (exact) mass is 88.1 g/mol. The second-order valence-electron chi connectivity index (χ2n) is 1.20. The molecule has 0 saturated carbocycles. The van der Waals surface area contributed by atoms with Gasteiger partial charge in [-0.25, -0.2) is 4.39 Å². The number of allylic oxidation sites excluding steroid dienone is 2. The SMILES string of the molecule is CC/C=C(\C)F. The summed E-state index contributed by atoms with van der Waals surface area (Å²) in [7, 11) is 0. The second-order valence-corrected chi connectivity index (χ2v) is 1.20. The highest BCUT2D eigenvalue weighted by Gasteiger charge is 1.72. The van der Waals surface area contributed by atoms with E-state index in [-0.39, 0.29) is 5.83 Å². The molecule has 0 aliphatic carbocycles. The lowest BCUT2D eigenvalue weighted by molar-refractivity contribution is 0.635. The Kier molecular flexibility index (Phi) is 2.73. The molecule has 0 rings (SSSR count). The minimum Gasteiger partial charge on any atom is -0.212 e. The van der Waals surface area contributed by atoms with Crippen LogP contribution in [0, 0.1) is 0 Å². The van der Waals surface area contributed by atoms with E-state index in [9.17, 15) is 4.39 Å². The molecule has 0 fully saturated rings. The van der Waals surface area contributed by atoms with Crippen LogP contribution in [0.1, 0.15) is 20.3 Å². The van der Waals surface area contributed by atoms with Crippen molar-refractivity contribution in [2.24, 2.45) is 0 Å². The normalized spacial score (nSPS) is 12.2. The molecule has 0 saturated heterocycles. The molecule has 0 nitrogen and oxygen atoms in total. The number of halogens is 1. The largest absolute Gasteiger partial charge is 0.212 e. The van der Waals surface area contributed by atoms with Gasteiger partial charge in [-0.15, -0.1) is 0 Å². The van der Waals surface area contributed by atoms with Gasteiger partial charge in [0.05, 0.1) is 5.83 Å². The zero-order chi connectivity index (χ0) is 4.99. The Hall–Kier alpha value is -0.330. The van der Waals surface area contributed by atoms with Gasteiger partial charge in [0, 0.05) is 0 Å². The van der Waals surface area contributed by atoms with Gasteiger partial charge < -0.3 is 0 Å². The molecule has 0 bridgehead atoms. The van der Waals surface area contributed by atoms with Gasteiger partial charge in [0.25, 0.3) is 0 Å². The summed E-state index contributed by atoms with van der Waals surface area (Å²) in [6, 6.07) is 0. The Morgan fingerprint density at radius 2 is 2.33 bits per heavy atom. The standard InChI is InChI=1S/C5H9F/c1-3-4-5(2)6/h4H,3H2,1-2H3/b5-4+. The topological polar surface area (TPSA) is 0 Å². The summed E-state index contributed by atoms with van der Waals surface area (Å²) in [6.45, 7) is 3.35. The molecule has 0 aromatic rings. The maximum Gasteiger partial charge on any atom is 0.0928 e. The quantitative estimate of drug-likeness (QED) is 0.461. The molecule has 0 spiro atoms. The Balaban J connectivity index is 3.14. The van der Waals surface area contributed by atoms with E-state index in [4.69, 9.17) is 0 Å². The molecule has 0 radical (unpaired) electrons. The molecule has 0 aromatic heterocycles. The molecule has 0 aliphatic rings. The van der Waals surface area contributed by atoms with Crippen molar-refractivity contribution in [2.75, 3.05) is 0 Å². The lowest BCUT2D eigenvalue weighted by Gasteiger charge is -1.75. The highest BCUT2D eigenvalue weighted by molar-refractivity contribution is 4.84. The predicted octanol–water partition coefficient (Wildman–Crippen LogP) is 2.27. The van der Waals surface area contributed by atoms with E-state index >= 15 is 0 Å². The summed E-state index contributed by atoms with van der Waals surface area (Å²) in [5.41, 5.74) is 0. The van der Waals surface area contributed by atoms with Crippen molar-refractivity contribution in [1.82, 2.24) is 0 Å². The van der Waals surface area contributed by atoms with E-state index in [1.54, 1.807) is 6.08 Å². The van der Waals surface area contributed by atoms with E-state index in [1.807, 2.05) is 6.92 Å². The summed E-state index contributed by atoms with van der Waals surface area (Å²) in [5, 5.41) is 0. The highest BCUT2D eigenvalue weighted by Crippen LogP contribution is 1.92. The first kappa shape index (κ1) is 5.67. The van der Waals surface area contributed by atoms with Gasteiger partial charge in [0.2, 0.25) is 0 Å². The van der Waals surface area contributed by atoms with Gasteiger partial charge in [0.15, 0.2) is 0 Å². The van der Waals surface area contributed by atoms with Crippen LogP contribution in [0.5, 0.6) is 0 Å². The molecule has 0 atom stereocenters. The molecule has 1 heteroatoms. The molecule has 36 valence electrons. The van der Waals surface area contributed by atoms with E-state index < -0.39 is 0 Å². The fourth-order valence-corrected chi connectivity index (χ4v) is 0.281. The first-order valence-electron chi connectivity index (χ1n) is 2.09. The first-order valence-corrected chi connectivity index (χ1v) is 2.09. The smallest absolute Gasteiger partial charge is 0.0928 e. The Morgan fingerprint density at radius 1 is 1.83 bits per heavy atom. The van der Waals surface area contributed by atoms with E-state index in [1.165, 1.54) is 6.92 Å². The predicted molar refractivity (Wildman–Crippen MR) is 25.2 cm³/mol. The molecule has 6 heavy (non-hydrogen) atoms. The van der Waals surface area contributed by atoms with E-state index in [2.05, 4.69) is 0 Å². The molecule has 0 aliphatic heterocycles. The van der Waals surface area contributed by atoms with Crippen molar-refractivity contribution >= 4 is 0 Å². The van der Waals surface area contributed by atoms with Crippen molar-refractivity contribution in [2.45, 2.75) is 20.3 Å². The Bertz CT molecular complexity index is 51.0. The van der Waals surface area contributed by atoms with Crippen molar-refractivity contribution in [1.29, 1.82) is 0 Å². The van der Waals surface area contributed by atoms with Crippen LogP contribution in [0.4, 0.5) is 4.39 Å². The third kappa shape index (κ3) is 3.67. The van der Waals surface area contributed by atoms with Crippen molar-refractivity contribution in [3.63, 3.8) is 0 Å². The Morgan fingerprint density at radius 3 is 2.33 bits per heavy atom. The number of hydrogen-bond acceptors (Lipinski definition) is 0. The number of rotatable bonds is 1.